The molecular formula is C9H14N2O. The summed E-state index contributed by atoms with van der Waals surface area (Å²) in [6.45, 7) is 3.83. The minimum atomic E-state index is -0.310. The molecule has 1 atom stereocenters. The second-order valence-electron chi connectivity index (χ2n) is 3.62. The molecule has 1 aliphatic carbocycles. The van der Waals surface area contributed by atoms with Crippen LogP contribution in [0.3, 0.4) is 0 Å². The summed E-state index contributed by atoms with van der Waals surface area (Å²) < 4.78 is 0. The number of hydrogen-bond donors (Lipinski definition) is 1. The number of nitriles is 1. The second-order valence-corrected chi connectivity index (χ2v) is 3.62. The Morgan fingerprint density at radius 1 is 1.75 bits per heavy atom. The summed E-state index contributed by atoms with van der Waals surface area (Å²) in [5, 5.41) is 11.3. The van der Waals surface area contributed by atoms with Crippen LogP contribution in [0, 0.1) is 16.7 Å². The van der Waals surface area contributed by atoms with E-state index in [9.17, 15) is 4.79 Å². The first-order valence-electron chi connectivity index (χ1n) is 4.33. The first-order chi connectivity index (χ1) is 5.62. The van der Waals surface area contributed by atoms with E-state index in [4.69, 9.17) is 5.26 Å². The van der Waals surface area contributed by atoms with Crippen LogP contribution < -0.4 is 5.32 Å². The van der Waals surface area contributed by atoms with Crippen molar-refractivity contribution >= 4 is 5.91 Å². The zero-order valence-corrected chi connectivity index (χ0v) is 7.55. The molecule has 0 aromatic carbocycles. The molecule has 3 nitrogen and oxygen atoms in total. The first-order valence-corrected chi connectivity index (χ1v) is 4.33. The SMILES string of the molecule is CC[C@H](C#N)NC(=O)C1(C)CC1. The summed E-state index contributed by atoms with van der Waals surface area (Å²) in [5.41, 5.74) is -0.162. The fourth-order valence-corrected chi connectivity index (χ4v) is 0.973. The Hall–Kier alpha value is -1.04. The third-order valence-electron chi connectivity index (χ3n) is 2.42. The second kappa shape index (κ2) is 3.14. The van der Waals surface area contributed by atoms with Gasteiger partial charge in [-0.1, -0.05) is 13.8 Å². The molecule has 0 saturated heterocycles. The van der Waals surface area contributed by atoms with Gasteiger partial charge in [0.25, 0.3) is 0 Å². The van der Waals surface area contributed by atoms with E-state index >= 15 is 0 Å². The number of nitrogens with one attached hydrogen (secondary N) is 1. The van der Waals surface area contributed by atoms with Crippen molar-refractivity contribution < 1.29 is 4.79 Å². The van der Waals surface area contributed by atoms with Gasteiger partial charge in [0.15, 0.2) is 0 Å². The van der Waals surface area contributed by atoms with Gasteiger partial charge in [0.1, 0.15) is 6.04 Å². The van der Waals surface area contributed by atoms with Crippen molar-refractivity contribution in [2.24, 2.45) is 5.41 Å². The zero-order chi connectivity index (χ0) is 9.19. The Balaban J connectivity index is 2.41. The topological polar surface area (TPSA) is 52.9 Å². The van der Waals surface area contributed by atoms with E-state index in [1.807, 2.05) is 13.8 Å². The van der Waals surface area contributed by atoms with Crippen LogP contribution in [0.5, 0.6) is 0 Å². The van der Waals surface area contributed by atoms with Gasteiger partial charge in [-0.15, -0.1) is 0 Å². The molecule has 0 heterocycles. The lowest BCUT2D eigenvalue weighted by Gasteiger charge is -2.12. The highest BCUT2D eigenvalue weighted by atomic mass is 16.2. The van der Waals surface area contributed by atoms with Crippen LogP contribution in [-0.4, -0.2) is 11.9 Å². The monoisotopic (exact) mass is 166 g/mol. The molecule has 0 unspecified atom stereocenters. The number of hydrogen-bond acceptors (Lipinski definition) is 2. The predicted molar refractivity (Wildman–Crippen MR) is 45.2 cm³/mol. The van der Waals surface area contributed by atoms with Crippen LogP contribution in [0.2, 0.25) is 0 Å². The number of amides is 1. The van der Waals surface area contributed by atoms with E-state index in [2.05, 4.69) is 11.4 Å². The van der Waals surface area contributed by atoms with Crippen molar-refractivity contribution in [2.45, 2.75) is 39.2 Å². The van der Waals surface area contributed by atoms with E-state index in [1.54, 1.807) is 0 Å². The zero-order valence-electron chi connectivity index (χ0n) is 7.55. The van der Waals surface area contributed by atoms with Crippen LogP contribution in [-0.2, 0) is 4.79 Å². The third kappa shape index (κ3) is 1.76. The minimum absolute atomic E-state index is 0.0379. The first kappa shape index (κ1) is 9.05. The van der Waals surface area contributed by atoms with E-state index < -0.39 is 0 Å². The molecule has 1 saturated carbocycles. The largest absolute Gasteiger partial charge is 0.340 e. The number of carbonyl (C=O) groups excluding carboxylic acids is 1. The summed E-state index contributed by atoms with van der Waals surface area (Å²) >= 11 is 0. The number of nitrogens with zero attached hydrogens (tertiary/aromatic N) is 1. The average Bonchev–Trinajstić information content (AvgIpc) is 2.80. The molecule has 0 bridgehead atoms. The van der Waals surface area contributed by atoms with Gasteiger partial charge in [0.2, 0.25) is 5.91 Å². The van der Waals surface area contributed by atoms with Crippen molar-refractivity contribution in [1.82, 2.24) is 5.32 Å². The molecule has 0 aliphatic heterocycles. The quantitative estimate of drug-likeness (QED) is 0.685. The van der Waals surface area contributed by atoms with Crippen LogP contribution in [0.4, 0.5) is 0 Å². The van der Waals surface area contributed by atoms with Gasteiger partial charge < -0.3 is 5.32 Å². The summed E-state index contributed by atoms with van der Waals surface area (Å²) in [5.74, 6) is 0.0379. The lowest BCUT2D eigenvalue weighted by molar-refractivity contribution is -0.126. The van der Waals surface area contributed by atoms with Crippen LogP contribution in [0.15, 0.2) is 0 Å². The van der Waals surface area contributed by atoms with Gasteiger partial charge in [-0.25, -0.2) is 0 Å². The molecule has 12 heavy (non-hydrogen) atoms. The average molecular weight is 166 g/mol. The Morgan fingerprint density at radius 3 is 2.67 bits per heavy atom. The van der Waals surface area contributed by atoms with Crippen LogP contribution in [0.1, 0.15) is 33.1 Å². The molecule has 1 aliphatic rings. The van der Waals surface area contributed by atoms with Gasteiger partial charge in [-0.2, -0.15) is 5.26 Å². The molecule has 1 fully saturated rings. The van der Waals surface area contributed by atoms with Crippen molar-refractivity contribution in [3.8, 4) is 6.07 Å². The summed E-state index contributed by atoms with van der Waals surface area (Å²) in [7, 11) is 0. The van der Waals surface area contributed by atoms with Gasteiger partial charge in [0.05, 0.1) is 6.07 Å². The van der Waals surface area contributed by atoms with Gasteiger partial charge >= 0.3 is 0 Å². The molecule has 1 amide bonds. The van der Waals surface area contributed by atoms with E-state index in [1.165, 1.54) is 0 Å². The molecule has 1 N–H and O–H groups in total. The Bertz CT molecular complexity index is 225. The molecule has 66 valence electrons. The fourth-order valence-electron chi connectivity index (χ4n) is 0.973. The minimum Gasteiger partial charge on any atom is -0.340 e. The highest BCUT2D eigenvalue weighted by Crippen LogP contribution is 2.45. The fraction of sp³-hybridized carbons (Fsp3) is 0.778. The molecule has 0 radical (unpaired) electrons. The Morgan fingerprint density at radius 2 is 2.33 bits per heavy atom. The normalized spacial score (nSPS) is 20.8. The maximum Gasteiger partial charge on any atom is 0.226 e. The van der Waals surface area contributed by atoms with Crippen LogP contribution in [0.25, 0.3) is 0 Å². The van der Waals surface area contributed by atoms with Crippen molar-refractivity contribution in [3.63, 3.8) is 0 Å². The molecule has 3 heteroatoms. The van der Waals surface area contributed by atoms with E-state index in [0.29, 0.717) is 6.42 Å². The van der Waals surface area contributed by atoms with E-state index in [-0.39, 0.29) is 17.4 Å². The Kier molecular flexibility index (Phi) is 2.37. The Labute approximate surface area is 72.8 Å². The van der Waals surface area contributed by atoms with Crippen molar-refractivity contribution in [3.05, 3.63) is 0 Å². The standard InChI is InChI=1S/C9H14N2O/c1-3-7(6-10)11-8(12)9(2)4-5-9/h7H,3-5H2,1-2H3,(H,11,12)/t7-/m1/s1. The molecule has 1 rings (SSSR count). The maximum atomic E-state index is 11.4. The highest BCUT2D eigenvalue weighted by molar-refractivity contribution is 5.85. The lowest BCUT2D eigenvalue weighted by atomic mass is 10.1. The number of carbonyl (C=O) groups is 1. The molecular weight excluding hydrogens is 152 g/mol. The molecule has 0 spiro atoms. The van der Waals surface area contributed by atoms with Gasteiger partial charge in [-0.3, -0.25) is 4.79 Å². The summed E-state index contributed by atoms with van der Waals surface area (Å²) in [6, 6.07) is 1.74. The predicted octanol–water partition coefficient (Wildman–Crippen LogP) is 1.20. The summed E-state index contributed by atoms with van der Waals surface area (Å²) in [6.07, 6.45) is 2.60. The molecule has 0 aromatic heterocycles. The maximum absolute atomic E-state index is 11.4. The van der Waals surface area contributed by atoms with E-state index in [0.717, 1.165) is 12.8 Å². The third-order valence-corrected chi connectivity index (χ3v) is 2.42. The molecule has 0 aromatic rings. The number of rotatable bonds is 3. The summed E-state index contributed by atoms with van der Waals surface area (Å²) in [4.78, 5) is 11.4. The van der Waals surface area contributed by atoms with Crippen LogP contribution >= 0.6 is 0 Å². The smallest absolute Gasteiger partial charge is 0.226 e. The van der Waals surface area contributed by atoms with Gasteiger partial charge in [0, 0.05) is 5.41 Å². The highest BCUT2D eigenvalue weighted by Gasteiger charge is 2.45. The van der Waals surface area contributed by atoms with Crippen molar-refractivity contribution in [1.29, 1.82) is 5.26 Å². The lowest BCUT2D eigenvalue weighted by Crippen LogP contribution is -2.37. The van der Waals surface area contributed by atoms with Crippen molar-refractivity contribution in [2.75, 3.05) is 0 Å². The van der Waals surface area contributed by atoms with Gasteiger partial charge in [-0.05, 0) is 19.3 Å².